The number of hydrogen-bond acceptors (Lipinski definition) is 6. The molecule has 1 aliphatic heterocycles. The van der Waals surface area contributed by atoms with Crippen molar-refractivity contribution in [2.24, 2.45) is 7.05 Å². The number of fused-ring (bicyclic) bond motifs is 1. The van der Waals surface area contributed by atoms with Gasteiger partial charge >= 0.3 is 0 Å². The van der Waals surface area contributed by atoms with E-state index < -0.39 is 0 Å². The number of aryl methyl sites for hydroxylation is 1. The lowest BCUT2D eigenvalue weighted by Crippen LogP contribution is -2.59. The Kier molecular flexibility index (Phi) is 3.66. The Balaban J connectivity index is 1.21. The summed E-state index contributed by atoms with van der Waals surface area (Å²) in [5.74, 6) is 2.60. The topological polar surface area (TPSA) is 67.4 Å². The first-order valence-electron chi connectivity index (χ1n) is 9.33. The normalized spacial score (nSPS) is 18.0. The van der Waals surface area contributed by atoms with Gasteiger partial charge in [-0.25, -0.2) is 0 Å². The minimum atomic E-state index is 0.551. The van der Waals surface area contributed by atoms with Gasteiger partial charge in [-0.05, 0) is 38.1 Å². The van der Waals surface area contributed by atoms with Gasteiger partial charge in [-0.3, -0.25) is 9.58 Å². The Labute approximate surface area is 152 Å². The second kappa shape index (κ2) is 6.05. The Hall–Kier alpha value is -2.48. The van der Waals surface area contributed by atoms with Gasteiger partial charge in [-0.15, -0.1) is 15.3 Å². The number of hydrogen-bond donors (Lipinski definition) is 0. The quantitative estimate of drug-likeness (QED) is 0.662. The molecule has 1 aliphatic carbocycles. The molecule has 0 spiro atoms. The molecule has 4 heterocycles. The molecule has 3 aromatic rings. The molecule has 3 aromatic heterocycles. The number of likely N-dealkylation sites (N-methyl/N-ethyl adjacent to an activating group) is 1. The zero-order valence-electron chi connectivity index (χ0n) is 15.3. The van der Waals surface area contributed by atoms with Crippen molar-refractivity contribution in [3.63, 3.8) is 0 Å². The highest BCUT2D eigenvalue weighted by Gasteiger charge is 2.32. The molecule has 136 valence electrons. The third kappa shape index (κ3) is 2.74. The minimum absolute atomic E-state index is 0.551. The zero-order chi connectivity index (χ0) is 17.7. The molecular formula is C18H24N8. The third-order valence-electron chi connectivity index (χ3n) is 5.67. The lowest BCUT2D eigenvalue weighted by Gasteiger charge is -2.44. The molecule has 0 amide bonds. The fraction of sp³-hybridized carbons (Fsp3) is 0.556. The van der Waals surface area contributed by atoms with Crippen molar-refractivity contribution in [1.82, 2.24) is 34.5 Å². The maximum Gasteiger partial charge on any atom is 0.178 e. The first-order valence-corrected chi connectivity index (χ1v) is 9.33. The lowest BCUT2D eigenvalue weighted by atomic mass is 10.1. The molecule has 0 bridgehead atoms. The maximum absolute atomic E-state index is 4.80. The van der Waals surface area contributed by atoms with Gasteiger partial charge in [0.05, 0.1) is 0 Å². The van der Waals surface area contributed by atoms with E-state index in [0.29, 0.717) is 12.0 Å². The highest BCUT2D eigenvalue weighted by Crippen LogP contribution is 2.38. The van der Waals surface area contributed by atoms with Crippen molar-refractivity contribution >= 4 is 11.5 Å². The SMILES string of the molecule is CN(CCc1ccnn1C)C1CN(c2ccc3nnc(C4CC4)n3n2)C1. The molecule has 2 aliphatic rings. The summed E-state index contributed by atoms with van der Waals surface area (Å²) in [7, 11) is 4.21. The molecule has 1 saturated heterocycles. The predicted octanol–water partition coefficient (Wildman–Crippen LogP) is 1.10. The van der Waals surface area contributed by atoms with Crippen LogP contribution in [0.2, 0.25) is 0 Å². The number of rotatable bonds is 6. The van der Waals surface area contributed by atoms with Crippen molar-refractivity contribution in [1.29, 1.82) is 0 Å². The summed E-state index contributed by atoms with van der Waals surface area (Å²) in [5, 5.41) is 17.6. The first-order chi connectivity index (χ1) is 12.7. The molecule has 5 rings (SSSR count). The molecule has 8 nitrogen and oxygen atoms in total. The van der Waals surface area contributed by atoms with Crippen LogP contribution in [0, 0.1) is 0 Å². The Morgan fingerprint density at radius 3 is 2.73 bits per heavy atom. The Bertz CT molecular complexity index is 918. The van der Waals surface area contributed by atoms with Gasteiger partial charge in [0, 0.05) is 57.0 Å². The van der Waals surface area contributed by atoms with Gasteiger partial charge < -0.3 is 4.90 Å². The van der Waals surface area contributed by atoms with Crippen molar-refractivity contribution in [3.8, 4) is 0 Å². The molecule has 1 saturated carbocycles. The molecule has 8 heteroatoms. The monoisotopic (exact) mass is 352 g/mol. The van der Waals surface area contributed by atoms with E-state index in [4.69, 9.17) is 5.10 Å². The van der Waals surface area contributed by atoms with E-state index in [-0.39, 0.29) is 0 Å². The van der Waals surface area contributed by atoms with E-state index in [9.17, 15) is 0 Å². The zero-order valence-corrected chi connectivity index (χ0v) is 15.3. The van der Waals surface area contributed by atoms with Gasteiger partial charge in [0.1, 0.15) is 5.82 Å². The molecule has 0 aromatic carbocycles. The van der Waals surface area contributed by atoms with Crippen LogP contribution in [0.15, 0.2) is 24.4 Å². The van der Waals surface area contributed by atoms with Crippen LogP contribution in [0.25, 0.3) is 5.65 Å². The summed E-state index contributed by atoms with van der Waals surface area (Å²) in [5.41, 5.74) is 2.13. The molecule has 0 N–H and O–H groups in total. The summed E-state index contributed by atoms with van der Waals surface area (Å²) in [4.78, 5) is 4.78. The van der Waals surface area contributed by atoms with Crippen LogP contribution in [0.1, 0.15) is 30.3 Å². The summed E-state index contributed by atoms with van der Waals surface area (Å²) in [6.45, 7) is 3.07. The number of nitrogens with zero attached hydrogens (tertiary/aromatic N) is 8. The predicted molar refractivity (Wildman–Crippen MR) is 98.3 cm³/mol. The molecule has 26 heavy (non-hydrogen) atoms. The molecular weight excluding hydrogens is 328 g/mol. The highest BCUT2D eigenvalue weighted by atomic mass is 15.4. The Morgan fingerprint density at radius 2 is 2.00 bits per heavy atom. The van der Waals surface area contributed by atoms with Crippen LogP contribution in [-0.4, -0.2) is 67.2 Å². The second-order valence-corrected chi connectivity index (χ2v) is 7.53. The van der Waals surface area contributed by atoms with E-state index in [2.05, 4.69) is 44.3 Å². The van der Waals surface area contributed by atoms with E-state index in [0.717, 1.165) is 43.3 Å². The van der Waals surface area contributed by atoms with E-state index in [1.165, 1.54) is 18.5 Å². The average Bonchev–Trinajstić information content (AvgIpc) is 3.22. The fourth-order valence-corrected chi connectivity index (χ4v) is 3.60. The van der Waals surface area contributed by atoms with Gasteiger partial charge in [-0.2, -0.15) is 9.61 Å². The average molecular weight is 352 g/mol. The van der Waals surface area contributed by atoms with Crippen molar-refractivity contribution < 1.29 is 0 Å². The fourth-order valence-electron chi connectivity index (χ4n) is 3.60. The van der Waals surface area contributed by atoms with Gasteiger partial charge in [0.2, 0.25) is 0 Å². The number of aromatic nitrogens is 6. The summed E-state index contributed by atoms with van der Waals surface area (Å²) in [6.07, 6.45) is 5.31. The number of anilines is 1. The molecule has 0 atom stereocenters. The van der Waals surface area contributed by atoms with Crippen molar-refractivity contribution in [2.45, 2.75) is 31.2 Å². The van der Waals surface area contributed by atoms with Crippen molar-refractivity contribution in [2.75, 3.05) is 31.6 Å². The smallest absolute Gasteiger partial charge is 0.178 e. The molecule has 2 fully saturated rings. The lowest BCUT2D eigenvalue weighted by molar-refractivity contribution is 0.205. The molecule has 0 radical (unpaired) electrons. The van der Waals surface area contributed by atoms with Gasteiger partial charge in [0.15, 0.2) is 11.5 Å². The van der Waals surface area contributed by atoms with Crippen LogP contribution in [-0.2, 0) is 13.5 Å². The van der Waals surface area contributed by atoms with Crippen LogP contribution in [0.3, 0.4) is 0 Å². The highest BCUT2D eigenvalue weighted by molar-refractivity contribution is 5.48. The first kappa shape index (κ1) is 15.7. The van der Waals surface area contributed by atoms with Crippen LogP contribution in [0.4, 0.5) is 5.82 Å². The van der Waals surface area contributed by atoms with Crippen LogP contribution in [0.5, 0.6) is 0 Å². The van der Waals surface area contributed by atoms with Gasteiger partial charge in [0.25, 0.3) is 0 Å². The largest absolute Gasteiger partial charge is 0.352 e. The summed E-state index contributed by atoms with van der Waals surface area (Å²) >= 11 is 0. The third-order valence-corrected chi connectivity index (χ3v) is 5.67. The van der Waals surface area contributed by atoms with Crippen LogP contribution < -0.4 is 4.90 Å². The molecule has 0 unspecified atom stereocenters. The van der Waals surface area contributed by atoms with Gasteiger partial charge in [-0.1, -0.05) is 0 Å². The van der Waals surface area contributed by atoms with Crippen molar-refractivity contribution in [3.05, 3.63) is 35.9 Å². The van der Waals surface area contributed by atoms with E-state index >= 15 is 0 Å². The Morgan fingerprint density at radius 1 is 1.15 bits per heavy atom. The van der Waals surface area contributed by atoms with E-state index in [1.54, 1.807) is 0 Å². The van der Waals surface area contributed by atoms with Crippen LogP contribution >= 0.6 is 0 Å². The summed E-state index contributed by atoms with van der Waals surface area (Å²) in [6, 6.07) is 6.76. The summed E-state index contributed by atoms with van der Waals surface area (Å²) < 4.78 is 3.89. The second-order valence-electron chi connectivity index (χ2n) is 7.53. The minimum Gasteiger partial charge on any atom is -0.352 e. The van der Waals surface area contributed by atoms with E-state index in [1.807, 2.05) is 28.5 Å². The maximum atomic E-state index is 4.80. The standard InChI is InChI=1S/C18H24N8/c1-23(10-8-14-7-9-19-24(14)2)15-11-25(12-15)17-6-5-16-20-21-18(13-3-4-13)26(16)22-17/h5-7,9,13,15H,3-4,8,10-12H2,1-2H3.